The fourth-order valence-corrected chi connectivity index (χ4v) is 1.86. The number of fused-ring (bicyclic) bond motifs is 1. The predicted octanol–water partition coefficient (Wildman–Crippen LogP) is 1.89. The molecule has 0 fully saturated rings. The molecule has 0 radical (unpaired) electrons. The second kappa shape index (κ2) is 4.16. The van der Waals surface area contributed by atoms with Gasteiger partial charge < -0.3 is 10.7 Å². The summed E-state index contributed by atoms with van der Waals surface area (Å²) in [7, 11) is 0. The third kappa shape index (κ3) is 2.10. The quantitative estimate of drug-likeness (QED) is 0.790. The van der Waals surface area contributed by atoms with Gasteiger partial charge >= 0.3 is 0 Å². The van der Waals surface area contributed by atoms with E-state index in [0.717, 1.165) is 12.1 Å². The van der Waals surface area contributed by atoms with Gasteiger partial charge in [0.1, 0.15) is 0 Å². The highest BCUT2D eigenvalue weighted by molar-refractivity contribution is 7.99. The number of aromatic amines is 1. The van der Waals surface area contributed by atoms with Gasteiger partial charge in [-0.25, -0.2) is 13.8 Å². The zero-order valence-corrected chi connectivity index (χ0v) is 8.57. The lowest BCUT2D eigenvalue weighted by atomic mass is 10.3. The molecule has 2 rings (SSSR count). The molecule has 0 unspecified atom stereocenters. The third-order valence-corrected chi connectivity index (χ3v) is 2.77. The van der Waals surface area contributed by atoms with Crippen LogP contribution in [0.4, 0.5) is 8.78 Å². The molecule has 15 heavy (non-hydrogen) atoms. The number of aromatic nitrogens is 2. The van der Waals surface area contributed by atoms with E-state index >= 15 is 0 Å². The van der Waals surface area contributed by atoms with E-state index in [1.807, 2.05) is 0 Å². The van der Waals surface area contributed by atoms with E-state index in [9.17, 15) is 8.78 Å². The van der Waals surface area contributed by atoms with Gasteiger partial charge in [-0.15, -0.1) is 0 Å². The predicted molar refractivity (Wildman–Crippen MR) is 55.8 cm³/mol. The van der Waals surface area contributed by atoms with Crippen molar-refractivity contribution in [3.05, 3.63) is 23.8 Å². The fourth-order valence-electron chi connectivity index (χ4n) is 1.21. The molecule has 0 aliphatic rings. The van der Waals surface area contributed by atoms with Crippen molar-refractivity contribution < 1.29 is 8.78 Å². The van der Waals surface area contributed by atoms with E-state index in [2.05, 4.69) is 9.97 Å². The minimum Gasteiger partial charge on any atom is -0.333 e. The van der Waals surface area contributed by atoms with Crippen molar-refractivity contribution in [2.45, 2.75) is 5.16 Å². The minimum atomic E-state index is -0.885. The van der Waals surface area contributed by atoms with Crippen molar-refractivity contribution in [2.24, 2.45) is 5.73 Å². The first kappa shape index (κ1) is 10.4. The van der Waals surface area contributed by atoms with Crippen LogP contribution < -0.4 is 5.73 Å². The van der Waals surface area contributed by atoms with Gasteiger partial charge in [0.25, 0.3) is 0 Å². The highest BCUT2D eigenvalue weighted by Crippen LogP contribution is 2.21. The van der Waals surface area contributed by atoms with E-state index in [4.69, 9.17) is 5.73 Å². The molecule has 0 bridgehead atoms. The van der Waals surface area contributed by atoms with Crippen molar-refractivity contribution in [3.8, 4) is 0 Å². The van der Waals surface area contributed by atoms with Crippen LogP contribution in [-0.4, -0.2) is 22.3 Å². The van der Waals surface area contributed by atoms with Crippen LogP contribution in [-0.2, 0) is 0 Å². The Bertz CT molecular complexity index is 444. The Hall–Kier alpha value is -1.14. The van der Waals surface area contributed by atoms with Crippen molar-refractivity contribution in [1.29, 1.82) is 0 Å². The first-order valence-corrected chi connectivity index (χ1v) is 5.37. The Balaban J connectivity index is 2.38. The lowest BCUT2D eigenvalue weighted by Gasteiger charge is -1.91. The standard InChI is InChI=1S/C9H9F2N3S/c10-5-3-7-8(4-6(5)11)14-9(13-7)15-2-1-12/h3-4H,1-2,12H2,(H,13,14). The lowest BCUT2D eigenvalue weighted by molar-refractivity contribution is 0.510. The fraction of sp³-hybridized carbons (Fsp3) is 0.222. The average molecular weight is 229 g/mol. The van der Waals surface area contributed by atoms with Gasteiger partial charge in [0.15, 0.2) is 16.8 Å². The Kier molecular flexibility index (Phi) is 2.88. The zero-order chi connectivity index (χ0) is 10.8. The second-order valence-corrected chi connectivity index (χ2v) is 4.05. The second-order valence-electron chi connectivity index (χ2n) is 2.96. The number of thioether (sulfide) groups is 1. The number of benzene rings is 1. The van der Waals surface area contributed by atoms with Gasteiger partial charge in [0.2, 0.25) is 0 Å². The summed E-state index contributed by atoms with van der Waals surface area (Å²) in [6, 6.07) is 2.18. The number of nitrogens with zero attached hydrogens (tertiary/aromatic N) is 1. The van der Waals surface area contributed by atoms with Crippen molar-refractivity contribution in [2.75, 3.05) is 12.3 Å². The number of nitrogens with two attached hydrogens (primary N) is 1. The van der Waals surface area contributed by atoms with Crippen LogP contribution in [0.25, 0.3) is 11.0 Å². The van der Waals surface area contributed by atoms with Gasteiger partial charge in [-0.3, -0.25) is 0 Å². The number of nitrogens with one attached hydrogen (secondary N) is 1. The van der Waals surface area contributed by atoms with Crippen LogP contribution >= 0.6 is 11.8 Å². The Morgan fingerprint density at radius 2 is 2.07 bits per heavy atom. The molecule has 0 saturated heterocycles. The summed E-state index contributed by atoms with van der Waals surface area (Å²) >= 11 is 1.42. The first-order chi connectivity index (χ1) is 7.20. The number of imidazole rings is 1. The summed E-state index contributed by atoms with van der Waals surface area (Å²) in [5, 5.41) is 0.625. The number of halogens is 2. The Morgan fingerprint density at radius 3 is 2.80 bits per heavy atom. The molecule has 0 aliphatic heterocycles. The average Bonchev–Trinajstić information content (AvgIpc) is 2.58. The first-order valence-electron chi connectivity index (χ1n) is 4.38. The molecule has 80 valence electrons. The summed E-state index contributed by atoms with van der Waals surface area (Å²) in [6.07, 6.45) is 0. The van der Waals surface area contributed by atoms with Gasteiger partial charge in [0, 0.05) is 24.4 Å². The molecule has 0 atom stereocenters. The summed E-state index contributed by atoms with van der Waals surface area (Å²) in [6.45, 7) is 0.532. The monoisotopic (exact) mass is 229 g/mol. The molecule has 0 amide bonds. The molecular weight excluding hydrogens is 220 g/mol. The molecule has 3 N–H and O–H groups in total. The summed E-state index contributed by atoms with van der Waals surface area (Å²) in [4.78, 5) is 6.99. The molecule has 1 heterocycles. The van der Waals surface area contributed by atoms with Crippen LogP contribution in [0.2, 0.25) is 0 Å². The Morgan fingerprint density at radius 1 is 1.33 bits per heavy atom. The van der Waals surface area contributed by atoms with Crippen molar-refractivity contribution in [3.63, 3.8) is 0 Å². The molecule has 1 aromatic heterocycles. The van der Waals surface area contributed by atoms with E-state index in [0.29, 0.717) is 28.5 Å². The molecule has 6 heteroatoms. The van der Waals surface area contributed by atoms with Gasteiger partial charge in [0.05, 0.1) is 11.0 Å². The van der Waals surface area contributed by atoms with Gasteiger partial charge in [-0.05, 0) is 0 Å². The molecule has 0 spiro atoms. The summed E-state index contributed by atoms with van der Waals surface area (Å²) in [5.74, 6) is -1.05. The molecule has 2 aromatic rings. The molecular formula is C9H9F2N3S. The molecule has 0 aliphatic carbocycles. The SMILES string of the molecule is NCCSc1nc2cc(F)c(F)cc2[nH]1. The maximum absolute atomic E-state index is 12.9. The van der Waals surface area contributed by atoms with Crippen LogP contribution in [0.5, 0.6) is 0 Å². The van der Waals surface area contributed by atoms with Crippen molar-refractivity contribution in [1.82, 2.24) is 9.97 Å². The number of hydrogen-bond acceptors (Lipinski definition) is 3. The smallest absolute Gasteiger partial charge is 0.166 e. The van der Waals surface area contributed by atoms with Crippen molar-refractivity contribution >= 4 is 22.8 Å². The maximum atomic E-state index is 12.9. The Labute approximate surface area is 89.1 Å². The lowest BCUT2D eigenvalue weighted by Crippen LogP contribution is -2.01. The van der Waals surface area contributed by atoms with E-state index in [1.165, 1.54) is 11.8 Å². The van der Waals surface area contributed by atoms with Gasteiger partial charge in [-0.2, -0.15) is 0 Å². The van der Waals surface area contributed by atoms with Gasteiger partial charge in [-0.1, -0.05) is 11.8 Å². The van der Waals surface area contributed by atoms with Crippen LogP contribution in [0.3, 0.4) is 0 Å². The maximum Gasteiger partial charge on any atom is 0.166 e. The normalized spacial score (nSPS) is 11.1. The summed E-state index contributed by atoms with van der Waals surface area (Å²) in [5.41, 5.74) is 6.25. The largest absolute Gasteiger partial charge is 0.333 e. The summed E-state index contributed by atoms with van der Waals surface area (Å²) < 4.78 is 25.7. The van der Waals surface area contributed by atoms with Crippen LogP contribution in [0.15, 0.2) is 17.3 Å². The topological polar surface area (TPSA) is 54.7 Å². The number of hydrogen-bond donors (Lipinski definition) is 2. The van der Waals surface area contributed by atoms with E-state index in [1.54, 1.807) is 0 Å². The van der Waals surface area contributed by atoms with Crippen LogP contribution in [0, 0.1) is 11.6 Å². The number of rotatable bonds is 3. The molecule has 1 aromatic carbocycles. The minimum absolute atomic E-state index is 0.424. The zero-order valence-electron chi connectivity index (χ0n) is 7.76. The highest BCUT2D eigenvalue weighted by atomic mass is 32.2. The van der Waals surface area contributed by atoms with E-state index < -0.39 is 11.6 Å². The molecule has 0 saturated carbocycles. The van der Waals surface area contributed by atoms with E-state index in [-0.39, 0.29) is 0 Å². The highest BCUT2D eigenvalue weighted by Gasteiger charge is 2.08. The van der Waals surface area contributed by atoms with Crippen LogP contribution in [0.1, 0.15) is 0 Å². The third-order valence-electron chi connectivity index (χ3n) is 1.86. The number of H-pyrrole nitrogens is 1. The molecule has 3 nitrogen and oxygen atoms in total.